The zero-order chi connectivity index (χ0) is 15.2. The molecule has 0 bridgehead atoms. The summed E-state index contributed by atoms with van der Waals surface area (Å²) in [4.78, 5) is 0. The molecular weight excluding hydrogens is 260 g/mol. The molecule has 0 saturated heterocycles. The quantitative estimate of drug-likeness (QED) is 0.826. The van der Waals surface area contributed by atoms with Crippen molar-refractivity contribution in [3.05, 3.63) is 35.4 Å². The number of aliphatic hydroxyl groups excluding tert-OH is 1. The number of hydrogen-bond donors (Lipinski definition) is 1. The van der Waals surface area contributed by atoms with Crippen LogP contribution in [0.3, 0.4) is 0 Å². The number of hydrogen-bond acceptors (Lipinski definition) is 2. The summed E-state index contributed by atoms with van der Waals surface area (Å²) in [7, 11) is 0. The minimum atomic E-state index is -0.530. The van der Waals surface area contributed by atoms with Crippen LogP contribution >= 0.6 is 0 Å². The van der Waals surface area contributed by atoms with Crippen molar-refractivity contribution in [2.24, 2.45) is 5.92 Å². The van der Waals surface area contributed by atoms with Gasteiger partial charge in [0, 0.05) is 0 Å². The standard InChI is InChI=1S/C19H30O2/c1-4-15-9-11-17(12-10-15)19(20)14(3)21-18-8-6-7-16(5-2)13-18/h9-12,14,16,18-20H,4-8,13H2,1-3H3. The van der Waals surface area contributed by atoms with Crippen LogP contribution in [0.2, 0.25) is 0 Å². The summed E-state index contributed by atoms with van der Waals surface area (Å²) in [6, 6.07) is 8.25. The van der Waals surface area contributed by atoms with E-state index in [1.165, 1.54) is 24.8 Å². The minimum Gasteiger partial charge on any atom is -0.386 e. The summed E-state index contributed by atoms with van der Waals surface area (Å²) < 4.78 is 6.15. The first-order valence-electron chi connectivity index (χ1n) is 8.56. The molecule has 21 heavy (non-hydrogen) atoms. The zero-order valence-corrected chi connectivity index (χ0v) is 13.7. The first-order valence-corrected chi connectivity index (χ1v) is 8.56. The molecule has 1 aromatic rings. The molecule has 4 unspecified atom stereocenters. The van der Waals surface area contributed by atoms with Crippen molar-refractivity contribution in [2.45, 2.75) is 77.6 Å². The highest BCUT2D eigenvalue weighted by Crippen LogP contribution is 2.31. The highest BCUT2D eigenvalue weighted by atomic mass is 16.5. The maximum absolute atomic E-state index is 10.5. The maximum atomic E-state index is 10.5. The third-order valence-electron chi connectivity index (χ3n) is 4.89. The minimum absolute atomic E-state index is 0.141. The number of aryl methyl sites for hydroxylation is 1. The lowest BCUT2D eigenvalue weighted by Crippen LogP contribution is -2.29. The van der Waals surface area contributed by atoms with Crippen molar-refractivity contribution in [1.29, 1.82) is 0 Å². The number of ether oxygens (including phenoxy) is 1. The molecule has 1 aliphatic carbocycles. The first kappa shape index (κ1) is 16.5. The molecule has 0 amide bonds. The van der Waals surface area contributed by atoms with Crippen LogP contribution in [0.1, 0.15) is 70.1 Å². The van der Waals surface area contributed by atoms with E-state index >= 15 is 0 Å². The van der Waals surface area contributed by atoms with E-state index in [1.54, 1.807) is 0 Å². The molecule has 2 heteroatoms. The Hall–Kier alpha value is -0.860. The van der Waals surface area contributed by atoms with Crippen molar-refractivity contribution in [3.63, 3.8) is 0 Å². The van der Waals surface area contributed by atoms with E-state index < -0.39 is 6.10 Å². The molecule has 2 rings (SSSR count). The molecule has 1 aromatic carbocycles. The van der Waals surface area contributed by atoms with Gasteiger partial charge in [0.05, 0.1) is 12.2 Å². The van der Waals surface area contributed by atoms with E-state index in [1.807, 2.05) is 19.1 Å². The molecule has 1 N–H and O–H groups in total. The molecule has 1 saturated carbocycles. The molecule has 1 aliphatic rings. The van der Waals surface area contributed by atoms with Gasteiger partial charge in [0.2, 0.25) is 0 Å². The molecule has 0 heterocycles. The molecule has 118 valence electrons. The van der Waals surface area contributed by atoms with Gasteiger partial charge in [0.1, 0.15) is 6.10 Å². The molecular formula is C19H30O2. The molecule has 0 aliphatic heterocycles. The Bertz CT molecular complexity index is 412. The van der Waals surface area contributed by atoms with Gasteiger partial charge in [-0.3, -0.25) is 0 Å². The van der Waals surface area contributed by atoms with Gasteiger partial charge in [-0.05, 0) is 43.2 Å². The lowest BCUT2D eigenvalue weighted by molar-refractivity contribution is -0.0860. The fraction of sp³-hybridized carbons (Fsp3) is 0.684. The lowest BCUT2D eigenvalue weighted by atomic mass is 9.85. The van der Waals surface area contributed by atoms with E-state index in [-0.39, 0.29) is 6.10 Å². The number of rotatable bonds is 6. The van der Waals surface area contributed by atoms with Crippen LogP contribution in [0, 0.1) is 5.92 Å². The van der Waals surface area contributed by atoms with Crippen molar-refractivity contribution in [2.75, 3.05) is 0 Å². The van der Waals surface area contributed by atoms with Crippen molar-refractivity contribution >= 4 is 0 Å². The van der Waals surface area contributed by atoms with Crippen LogP contribution in [0.15, 0.2) is 24.3 Å². The molecule has 2 nitrogen and oxygen atoms in total. The van der Waals surface area contributed by atoms with Crippen LogP contribution in [0.4, 0.5) is 0 Å². The Morgan fingerprint density at radius 1 is 1.19 bits per heavy atom. The van der Waals surface area contributed by atoms with E-state index in [2.05, 4.69) is 26.0 Å². The Kier molecular flexibility index (Phi) is 6.25. The summed E-state index contributed by atoms with van der Waals surface area (Å²) in [6.45, 7) is 6.40. The van der Waals surface area contributed by atoms with E-state index in [9.17, 15) is 5.11 Å². The van der Waals surface area contributed by atoms with Crippen LogP contribution < -0.4 is 0 Å². The Balaban J connectivity index is 1.90. The number of benzene rings is 1. The van der Waals surface area contributed by atoms with Gasteiger partial charge in [0.15, 0.2) is 0 Å². The van der Waals surface area contributed by atoms with E-state index in [0.29, 0.717) is 6.10 Å². The molecule has 0 aromatic heterocycles. The van der Waals surface area contributed by atoms with Crippen molar-refractivity contribution in [3.8, 4) is 0 Å². The first-order chi connectivity index (χ1) is 10.1. The van der Waals surface area contributed by atoms with Gasteiger partial charge >= 0.3 is 0 Å². The van der Waals surface area contributed by atoms with Crippen molar-refractivity contribution < 1.29 is 9.84 Å². The average molecular weight is 290 g/mol. The second kappa shape index (κ2) is 7.95. The zero-order valence-electron chi connectivity index (χ0n) is 13.7. The summed E-state index contributed by atoms with van der Waals surface area (Å²) >= 11 is 0. The van der Waals surface area contributed by atoms with Crippen molar-refractivity contribution in [1.82, 2.24) is 0 Å². The summed E-state index contributed by atoms with van der Waals surface area (Å²) in [5.74, 6) is 0.803. The third-order valence-corrected chi connectivity index (χ3v) is 4.89. The molecule has 0 spiro atoms. The summed E-state index contributed by atoms with van der Waals surface area (Å²) in [5.41, 5.74) is 2.26. The fourth-order valence-corrected chi connectivity index (χ4v) is 3.34. The second-order valence-electron chi connectivity index (χ2n) is 6.44. The number of aliphatic hydroxyl groups is 1. The highest BCUT2D eigenvalue weighted by molar-refractivity contribution is 5.24. The second-order valence-corrected chi connectivity index (χ2v) is 6.44. The average Bonchev–Trinajstić information content (AvgIpc) is 2.54. The van der Waals surface area contributed by atoms with Crippen LogP contribution in [-0.4, -0.2) is 17.3 Å². The highest BCUT2D eigenvalue weighted by Gasteiger charge is 2.26. The molecule has 0 radical (unpaired) electrons. The van der Waals surface area contributed by atoms with Gasteiger partial charge in [-0.25, -0.2) is 0 Å². The van der Waals surface area contributed by atoms with Crippen LogP contribution in [0.5, 0.6) is 0 Å². The van der Waals surface area contributed by atoms with Crippen LogP contribution in [0.25, 0.3) is 0 Å². The van der Waals surface area contributed by atoms with Gasteiger partial charge in [-0.15, -0.1) is 0 Å². The van der Waals surface area contributed by atoms with Gasteiger partial charge in [0.25, 0.3) is 0 Å². The molecule has 1 fully saturated rings. The maximum Gasteiger partial charge on any atom is 0.105 e. The Morgan fingerprint density at radius 3 is 2.52 bits per heavy atom. The summed E-state index contributed by atoms with van der Waals surface area (Å²) in [5, 5.41) is 10.5. The Morgan fingerprint density at radius 2 is 1.90 bits per heavy atom. The normalized spacial score (nSPS) is 25.5. The molecule has 4 atom stereocenters. The van der Waals surface area contributed by atoms with Gasteiger partial charge in [-0.1, -0.05) is 57.4 Å². The van der Waals surface area contributed by atoms with E-state index in [0.717, 1.165) is 30.7 Å². The predicted molar refractivity (Wildman–Crippen MR) is 87.4 cm³/mol. The Labute approximate surface area is 129 Å². The monoisotopic (exact) mass is 290 g/mol. The SMILES string of the molecule is CCc1ccc(C(O)C(C)OC2CCCC(CC)C2)cc1. The third kappa shape index (κ3) is 4.55. The lowest BCUT2D eigenvalue weighted by Gasteiger charge is -2.32. The fourth-order valence-electron chi connectivity index (χ4n) is 3.34. The van der Waals surface area contributed by atoms with Gasteiger partial charge < -0.3 is 9.84 Å². The smallest absolute Gasteiger partial charge is 0.105 e. The topological polar surface area (TPSA) is 29.5 Å². The predicted octanol–water partition coefficient (Wildman–Crippen LogP) is 4.66. The van der Waals surface area contributed by atoms with Crippen LogP contribution in [-0.2, 0) is 11.2 Å². The largest absolute Gasteiger partial charge is 0.386 e. The summed E-state index contributed by atoms with van der Waals surface area (Å²) in [6.07, 6.45) is 6.82. The van der Waals surface area contributed by atoms with E-state index in [4.69, 9.17) is 4.74 Å². The van der Waals surface area contributed by atoms with Gasteiger partial charge in [-0.2, -0.15) is 0 Å².